The molecule has 2 aliphatic heterocycles. The summed E-state index contributed by atoms with van der Waals surface area (Å²) in [5.74, 6) is 0.0221. The summed E-state index contributed by atoms with van der Waals surface area (Å²) >= 11 is 0. The molecule has 9 heteroatoms. The molecule has 1 aromatic heterocycles. The van der Waals surface area contributed by atoms with E-state index >= 15 is 0 Å². The van der Waals surface area contributed by atoms with Crippen molar-refractivity contribution in [3.63, 3.8) is 0 Å². The maximum absolute atomic E-state index is 12.9. The highest BCUT2D eigenvalue weighted by molar-refractivity contribution is 7.89. The average Bonchev–Trinajstić information content (AvgIpc) is 3.14. The number of fused-ring (bicyclic) bond motifs is 1. The molecule has 2 N–H and O–H groups in total. The SMILES string of the molecule is CCn1ncc(S(=O)(=O)N[C@@H]2CN3CCCC[C@@]3(C(=O)NC(C)C)C2)c1C. The fourth-order valence-electron chi connectivity index (χ4n) is 4.45. The Hall–Kier alpha value is -1.45. The van der Waals surface area contributed by atoms with Gasteiger partial charge in [0, 0.05) is 25.2 Å². The van der Waals surface area contributed by atoms with Crippen LogP contribution in [-0.4, -0.2) is 59.7 Å². The van der Waals surface area contributed by atoms with Crippen LogP contribution in [0.25, 0.3) is 0 Å². The van der Waals surface area contributed by atoms with Gasteiger partial charge in [0.2, 0.25) is 15.9 Å². The molecule has 0 aromatic carbocycles. The Morgan fingerprint density at radius 1 is 1.41 bits per heavy atom. The first-order chi connectivity index (χ1) is 12.7. The van der Waals surface area contributed by atoms with E-state index in [1.54, 1.807) is 11.6 Å². The smallest absolute Gasteiger partial charge is 0.244 e. The van der Waals surface area contributed by atoms with Crippen LogP contribution in [0.2, 0.25) is 0 Å². The number of amides is 1. The van der Waals surface area contributed by atoms with Crippen LogP contribution in [0.4, 0.5) is 0 Å². The van der Waals surface area contributed by atoms with Crippen LogP contribution in [0.5, 0.6) is 0 Å². The Balaban J connectivity index is 1.80. The van der Waals surface area contributed by atoms with Crippen molar-refractivity contribution >= 4 is 15.9 Å². The first-order valence-corrected chi connectivity index (χ1v) is 11.3. The number of rotatable bonds is 6. The highest BCUT2D eigenvalue weighted by Gasteiger charge is 2.52. The number of hydrogen-bond acceptors (Lipinski definition) is 5. The quantitative estimate of drug-likeness (QED) is 0.747. The number of nitrogens with one attached hydrogen (secondary N) is 2. The van der Waals surface area contributed by atoms with E-state index in [1.165, 1.54) is 6.20 Å². The van der Waals surface area contributed by atoms with Crippen LogP contribution in [0.15, 0.2) is 11.1 Å². The van der Waals surface area contributed by atoms with Crippen LogP contribution >= 0.6 is 0 Å². The molecule has 2 fully saturated rings. The van der Waals surface area contributed by atoms with Gasteiger partial charge in [-0.2, -0.15) is 5.10 Å². The molecular weight excluding hydrogens is 366 g/mol. The van der Waals surface area contributed by atoms with Crippen LogP contribution in [0.1, 0.15) is 52.1 Å². The summed E-state index contributed by atoms with van der Waals surface area (Å²) in [7, 11) is -3.67. The predicted molar refractivity (Wildman–Crippen MR) is 103 cm³/mol. The monoisotopic (exact) mass is 397 g/mol. The molecule has 152 valence electrons. The first kappa shape index (κ1) is 20.3. The lowest BCUT2D eigenvalue weighted by Crippen LogP contribution is -2.58. The van der Waals surface area contributed by atoms with Crippen molar-refractivity contribution in [2.45, 2.75) is 82.4 Å². The van der Waals surface area contributed by atoms with Crippen molar-refractivity contribution in [2.24, 2.45) is 0 Å². The van der Waals surface area contributed by atoms with E-state index in [0.29, 0.717) is 25.2 Å². The van der Waals surface area contributed by atoms with Crippen LogP contribution in [0, 0.1) is 6.92 Å². The molecule has 0 bridgehead atoms. The molecule has 27 heavy (non-hydrogen) atoms. The zero-order chi connectivity index (χ0) is 19.8. The topological polar surface area (TPSA) is 96.3 Å². The van der Waals surface area contributed by atoms with E-state index in [1.807, 2.05) is 20.8 Å². The largest absolute Gasteiger partial charge is 0.352 e. The van der Waals surface area contributed by atoms with Crippen molar-refractivity contribution in [1.29, 1.82) is 0 Å². The summed E-state index contributed by atoms with van der Waals surface area (Å²) in [5.41, 5.74) is 0.0335. The number of nitrogens with zero attached hydrogens (tertiary/aromatic N) is 3. The number of carbonyl (C=O) groups is 1. The number of sulfonamides is 1. The summed E-state index contributed by atoms with van der Waals surface area (Å²) in [6.07, 6.45) is 4.72. The fourth-order valence-corrected chi connectivity index (χ4v) is 5.85. The number of piperidine rings is 1. The molecule has 0 saturated carbocycles. The maximum Gasteiger partial charge on any atom is 0.244 e. The van der Waals surface area contributed by atoms with E-state index in [0.717, 1.165) is 25.8 Å². The second kappa shape index (κ2) is 7.52. The molecule has 1 amide bonds. The summed E-state index contributed by atoms with van der Waals surface area (Å²) in [6, 6.07) is -0.218. The Kier molecular flexibility index (Phi) is 5.65. The van der Waals surface area contributed by atoms with Gasteiger partial charge in [-0.3, -0.25) is 14.4 Å². The van der Waals surface area contributed by atoms with Gasteiger partial charge < -0.3 is 5.32 Å². The third-order valence-electron chi connectivity index (χ3n) is 5.71. The Bertz CT molecular complexity index is 804. The van der Waals surface area contributed by atoms with Crippen LogP contribution in [-0.2, 0) is 21.4 Å². The van der Waals surface area contributed by atoms with Gasteiger partial charge in [0.25, 0.3) is 0 Å². The van der Waals surface area contributed by atoms with Gasteiger partial charge in [0.15, 0.2) is 0 Å². The molecule has 2 atom stereocenters. The molecule has 3 rings (SSSR count). The maximum atomic E-state index is 12.9. The van der Waals surface area contributed by atoms with Crippen molar-refractivity contribution < 1.29 is 13.2 Å². The number of hydrogen-bond donors (Lipinski definition) is 2. The molecule has 0 spiro atoms. The number of aryl methyl sites for hydroxylation is 1. The van der Waals surface area contributed by atoms with Gasteiger partial charge >= 0.3 is 0 Å². The second-order valence-corrected chi connectivity index (χ2v) is 9.68. The van der Waals surface area contributed by atoms with Gasteiger partial charge in [0.05, 0.1) is 11.9 Å². The third kappa shape index (κ3) is 3.77. The molecule has 2 saturated heterocycles. The van der Waals surface area contributed by atoms with Gasteiger partial charge in [-0.15, -0.1) is 0 Å². The van der Waals surface area contributed by atoms with Gasteiger partial charge in [-0.25, -0.2) is 13.1 Å². The predicted octanol–water partition coefficient (Wildman–Crippen LogP) is 1.01. The molecular formula is C18H31N5O3S. The van der Waals surface area contributed by atoms with Crippen molar-refractivity contribution in [3.8, 4) is 0 Å². The van der Waals surface area contributed by atoms with Crippen molar-refractivity contribution in [1.82, 2.24) is 24.7 Å². The van der Waals surface area contributed by atoms with Crippen molar-refractivity contribution in [2.75, 3.05) is 13.1 Å². The summed E-state index contributed by atoms with van der Waals surface area (Å²) in [4.78, 5) is 15.3. The van der Waals surface area contributed by atoms with Gasteiger partial charge in [-0.1, -0.05) is 0 Å². The average molecular weight is 398 g/mol. The normalized spacial score (nSPS) is 26.3. The Morgan fingerprint density at radius 3 is 2.78 bits per heavy atom. The zero-order valence-electron chi connectivity index (χ0n) is 16.7. The summed E-state index contributed by atoms with van der Waals surface area (Å²) < 4.78 is 30.3. The van der Waals surface area contributed by atoms with E-state index in [2.05, 4.69) is 20.0 Å². The molecule has 1 aromatic rings. The highest BCUT2D eigenvalue weighted by Crippen LogP contribution is 2.38. The summed E-state index contributed by atoms with van der Waals surface area (Å²) in [6.45, 7) is 9.60. The Labute approximate surface area is 161 Å². The molecule has 8 nitrogen and oxygen atoms in total. The Morgan fingerprint density at radius 2 is 2.15 bits per heavy atom. The van der Waals surface area contributed by atoms with E-state index < -0.39 is 15.6 Å². The number of aromatic nitrogens is 2. The van der Waals surface area contributed by atoms with E-state index in [4.69, 9.17) is 0 Å². The van der Waals surface area contributed by atoms with Crippen LogP contribution in [0.3, 0.4) is 0 Å². The molecule has 0 unspecified atom stereocenters. The standard InChI is InChI=1S/C18H31N5O3S/c1-5-23-14(4)16(11-19-23)27(25,26)21-15-10-18(17(24)20-13(2)3)8-6-7-9-22(18)12-15/h11,13,15,21H,5-10,12H2,1-4H3,(H,20,24)/t15-,18-/m0/s1. The fraction of sp³-hybridized carbons (Fsp3) is 0.778. The lowest BCUT2D eigenvalue weighted by molar-refractivity contribution is -0.134. The van der Waals surface area contributed by atoms with Crippen LogP contribution < -0.4 is 10.0 Å². The van der Waals surface area contributed by atoms with E-state index in [9.17, 15) is 13.2 Å². The second-order valence-electron chi connectivity index (χ2n) is 8.00. The minimum absolute atomic E-state index is 0.0221. The van der Waals surface area contributed by atoms with Gasteiger partial charge in [-0.05, 0) is 59.9 Å². The minimum atomic E-state index is -3.67. The highest BCUT2D eigenvalue weighted by atomic mass is 32.2. The van der Waals surface area contributed by atoms with E-state index in [-0.39, 0.29) is 22.9 Å². The molecule has 0 aliphatic carbocycles. The summed E-state index contributed by atoms with van der Waals surface area (Å²) in [5, 5.41) is 7.18. The lowest BCUT2D eigenvalue weighted by atomic mass is 9.84. The van der Waals surface area contributed by atoms with Gasteiger partial charge in [0.1, 0.15) is 10.4 Å². The lowest BCUT2D eigenvalue weighted by Gasteiger charge is -2.41. The zero-order valence-corrected chi connectivity index (χ0v) is 17.5. The number of carbonyl (C=O) groups excluding carboxylic acids is 1. The third-order valence-corrected chi connectivity index (χ3v) is 7.33. The molecule has 0 radical (unpaired) electrons. The molecule has 3 heterocycles. The first-order valence-electron chi connectivity index (χ1n) is 9.80. The molecule has 2 aliphatic rings. The van der Waals surface area contributed by atoms with Crippen molar-refractivity contribution in [3.05, 3.63) is 11.9 Å². The minimum Gasteiger partial charge on any atom is -0.352 e.